The Labute approximate surface area is 65.9 Å². The lowest BCUT2D eigenvalue weighted by atomic mass is 10.2. The highest BCUT2D eigenvalue weighted by Crippen LogP contribution is 2.27. The number of anilines is 1. The SMILES string of the molecule is Sc1cccc2c1CCN2. The van der Waals surface area contributed by atoms with Crippen molar-refractivity contribution in [1.29, 1.82) is 0 Å². The van der Waals surface area contributed by atoms with Crippen LogP contribution in [0.25, 0.3) is 0 Å². The highest BCUT2D eigenvalue weighted by Gasteiger charge is 2.10. The summed E-state index contributed by atoms with van der Waals surface area (Å²) in [6.45, 7) is 1.06. The highest BCUT2D eigenvalue weighted by atomic mass is 32.1. The van der Waals surface area contributed by atoms with Gasteiger partial charge in [0.1, 0.15) is 0 Å². The van der Waals surface area contributed by atoms with E-state index in [1.807, 2.05) is 12.1 Å². The van der Waals surface area contributed by atoms with Gasteiger partial charge in [0.2, 0.25) is 0 Å². The van der Waals surface area contributed by atoms with E-state index in [0.717, 1.165) is 17.9 Å². The van der Waals surface area contributed by atoms with Gasteiger partial charge < -0.3 is 5.32 Å². The largest absolute Gasteiger partial charge is 0.384 e. The first-order chi connectivity index (χ1) is 4.88. The fourth-order valence-corrected chi connectivity index (χ4v) is 1.64. The number of rotatable bonds is 0. The third-order valence-electron chi connectivity index (χ3n) is 1.84. The molecule has 0 amide bonds. The molecule has 0 atom stereocenters. The van der Waals surface area contributed by atoms with E-state index in [0.29, 0.717) is 0 Å². The second-order valence-electron chi connectivity index (χ2n) is 2.48. The maximum absolute atomic E-state index is 4.35. The molecule has 0 spiro atoms. The molecule has 1 aliphatic heterocycles. The van der Waals surface area contributed by atoms with Crippen LogP contribution in [0, 0.1) is 0 Å². The number of benzene rings is 1. The molecule has 0 unspecified atom stereocenters. The van der Waals surface area contributed by atoms with Crippen LogP contribution in [0.2, 0.25) is 0 Å². The summed E-state index contributed by atoms with van der Waals surface area (Å²) < 4.78 is 0. The normalized spacial score (nSPS) is 14.5. The van der Waals surface area contributed by atoms with Crippen molar-refractivity contribution in [2.45, 2.75) is 11.3 Å². The van der Waals surface area contributed by atoms with Gasteiger partial charge in [0, 0.05) is 17.1 Å². The number of hydrogen-bond acceptors (Lipinski definition) is 2. The Balaban J connectivity index is 2.59. The van der Waals surface area contributed by atoms with Crippen LogP contribution in [0.4, 0.5) is 5.69 Å². The molecule has 2 heteroatoms. The Morgan fingerprint density at radius 2 is 2.30 bits per heavy atom. The van der Waals surface area contributed by atoms with E-state index >= 15 is 0 Å². The maximum atomic E-state index is 4.35. The van der Waals surface area contributed by atoms with Crippen molar-refractivity contribution < 1.29 is 0 Å². The molecule has 0 aliphatic carbocycles. The molecule has 1 aromatic rings. The van der Waals surface area contributed by atoms with Crippen molar-refractivity contribution in [2.24, 2.45) is 0 Å². The zero-order chi connectivity index (χ0) is 6.97. The molecule has 0 aromatic heterocycles. The van der Waals surface area contributed by atoms with Crippen LogP contribution in [0.5, 0.6) is 0 Å². The number of hydrogen-bond donors (Lipinski definition) is 2. The molecule has 0 saturated carbocycles. The summed E-state index contributed by atoms with van der Waals surface area (Å²) in [7, 11) is 0. The van der Waals surface area contributed by atoms with E-state index in [1.54, 1.807) is 0 Å². The number of thiol groups is 1. The standard InChI is InChI=1S/C8H9NS/c10-8-3-1-2-7-6(8)4-5-9-7/h1-3,9-10H,4-5H2. The van der Waals surface area contributed by atoms with Crippen molar-refractivity contribution >= 4 is 18.3 Å². The average molecular weight is 151 g/mol. The summed E-state index contributed by atoms with van der Waals surface area (Å²) >= 11 is 4.35. The molecule has 1 nitrogen and oxygen atoms in total. The lowest BCUT2D eigenvalue weighted by molar-refractivity contribution is 1.08. The van der Waals surface area contributed by atoms with Gasteiger partial charge in [-0.15, -0.1) is 12.6 Å². The molecule has 1 heterocycles. The van der Waals surface area contributed by atoms with Gasteiger partial charge in [-0.25, -0.2) is 0 Å². The topological polar surface area (TPSA) is 12.0 Å². The van der Waals surface area contributed by atoms with E-state index in [2.05, 4.69) is 24.0 Å². The summed E-state index contributed by atoms with van der Waals surface area (Å²) in [5.41, 5.74) is 2.62. The van der Waals surface area contributed by atoms with Gasteiger partial charge in [-0.3, -0.25) is 0 Å². The van der Waals surface area contributed by atoms with E-state index in [-0.39, 0.29) is 0 Å². The van der Waals surface area contributed by atoms with Crippen LogP contribution in [0.15, 0.2) is 23.1 Å². The Bertz CT molecular complexity index is 257. The smallest absolute Gasteiger partial charge is 0.0384 e. The lowest BCUT2D eigenvalue weighted by Crippen LogP contribution is -1.90. The van der Waals surface area contributed by atoms with Gasteiger partial charge in [0.25, 0.3) is 0 Å². The molecular weight excluding hydrogens is 142 g/mol. The zero-order valence-corrected chi connectivity index (χ0v) is 6.49. The summed E-state index contributed by atoms with van der Waals surface area (Å²) in [5.74, 6) is 0. The molecule has 2 rings (SSSR count). The van der Waals surface area contributed by atoms with Crippen LogP contribution in [0.3, 0.4) is 0 Å². The predicted molar refractivity (Wildman–Crippen MR) is 45.9 cm³/mol. The fraction of sp³-hybridized carbons (Fsp3) is 0.250. The highest BCUT2D eigenvalue weighted by molar-refractivity contribution is 7.80. The molecule has 52 valence electrons. The minimum absolute atomic E-state index is 1.06. The monoisotopic (exact) mass is 151 g/mol. The van der Waals surface area contributed by atoms with E-state index in [1.165, 1.54) is 11.3 Å². The predicted octanol–water partition coefficient (Wildman–Crippen LogP) is 1.94. The number of fused-ring (bicyclic) bond motifs is 1. The van der Waals surface area contributed by atoms with Crippen molar-refractivity contribution in [3.05, 3.63) is 23.8 Å². The molecular formula is C8H9NS. The molecule has 0 saturated heterocycles. The minimum Gasteiger partial charge on any atom is -0.384 e. The third-order valence-corrected chi connectivity index (χ3v) is 2.26. The van der Waals surface area contributed by atoms with Crippen LogP contribution in [-0.4, -0.2) is 6.54 Å². The van der Waals surface area contributed by atoms with Crippen molar-refractivity contribution in [3.63, 3.8) is 0 Å². The minimum atomic E-state index is 1.06. The zero-order valence-electron chi connectivity index (χ0n) is 5.59. The van der Waals surface area contributed by atoms with E-state index in [4.69, 9.17) is 0 Å². The Kier molecular flexibility index (Phi) is 1.34. The van der Waals surface area contributed by atoms with Crippen LogP contribution < -0.4 is 5.32 Å². The van der Waals surface area contributed by atoms with Crippen LogP contribution >= 0.6 is 12.6 Å². The molecule has 0 bridgehead atoms. The second-order valence-corrected chi connectivity index (χ2v) is 2.96. The Hall–Kier alpha value is -0.630. The van der Waals surface area contributed by atoms with Gasteiger partial charge in [-0.05, 0) is 24.1 Å². The summed E-state index contributed by atoms with van der Waals surface area (Å²) in [4.78, 5) is 1.11. The average Bonchev–Trinajstić information content (AvgIpc) is 2.36. The number of nitrogens with one attached hydrogen (secondary N) is 1. The summed E-state index contributed by atoms with van der Waals surface area (Å²) in [5, 5.41) is 3.29. The van der Waals surface area contributed by atoms with Gasteiger partial charge in [0.05, 0.1) is 0 Å². The first-order valence-corrected chi connectivity index (χ1v) is 3.87. The Morgan fingerprint density at radius 1 is 1.40 bits per heavy atom. The van der Waals surface area contributed by atoms with Gasteiger partial charge >= 0.3 is 0 Å². The van der Waals surface area contributed by atoms with Gasteiger partial charge in [-0.2, -0.15) is 0 Å². The maximum Gasteiger partial charge on any atom is 0.0384 e. The molecule has 1 N–H and O–H groups in total. The second kappa shape index (κ2) is 2.20. The van der Waals surface area contributed by atoms with Gasteiger partial charge in [-0.1, -0.05) is 6.07 Å². The Morgan fingerprint density at radius 3 is 3.10 bits per heavy atom. The fourth-order valence-electron chi connectivity index (χ4n) is 1.33. The first kappa shape index (κ1) is 6.10. The summed E-state index contributed by atoms with van der Waals surface area (Å²) in [6, 6.07) is 6.16. The van der Waals surface area contributed by atoms with Gasteiger partial charge in [0.15, 0.2) is 0 Å². The molecule has 1 aromatic carbocycles. The molecule has 0 radical (unpaired) electrons. The molecule has 1 aliphatic rings. The van der Waals surface area contributed by atoms with Crippen LogP contribution in [-0.2, 0) is 6.42 Å². The lowest BCUT2D eigenvalue weighted by Gasteiger charge is -1.99. The summed E-state index contributed by atoms with van der Waals surface area (Å²) in [6.07, 6.45) is 1.12. The first-order valence-electron chi connectivity index (χ1n) is 3.42. The van der Waals surface area contributed by atoms with Crippen molar-refractivity contribution in [2.75, 3.05) is 11.9 Å². The van der Waals surface area contributed by atoms with E-state index in [9.17, 15) is 0 Å². The van der Waals surface area contributed by atoms with Crippen molar-refractivity contribution in [3.8, 4) is 0 Å². The van der Waals surface area contributed by atoms with Crippen molar-refractivity contribution in [1.82, 2.24) is 0 Å². The van der Waals surface area contributed by atoms with Crippen LogP contribution in [0.1, 0.15) is 5.56 Å². The van der Waals surface area contributed by atoms with E-state index < -0.39 is 0 Å². The molecule has 0 fully saturated rings. The third kappa shape index (κ3) is 0.797. The quantitative estimate of drug-likeness (QED) is 0.540. The molecule has 10 heavy (non-hydrogen) atoms.